The quantitative estimate of drug-likeness (QED) is 0.420. The van der Waals surface area contributed by atoms with Crippen LogP contribution in [0.15, 0.2) is 65.8 Å². The van der Waals surface area contributed by atoms with E-state index in [9.17, 15) is 9.59 Å². The SMILES string of the molecule is CC(C)Cn1c(CCC(N)=O)nnc1SC(C)C(=O)NC(c1ccccc1)c1ccccc1. The van der Waals surface area contributed by atoms with E-state index in [4.69, 9.17) is 5.73 Å². The van der Waals surface area contributed by atoms with Crippen molar-refractivity contribution in [2.75, 3.05) is 0 Å². The van der Waals surface area contributed by atoms with E-state index in [0.29, 0.717) is 29.9 Å². The van der Waals surface area contributed by atoms with Crippen molar-refractivity contribution >= 4 is 23.6 Å². The van der Waals surface area contributed by atoms with Gasteiger partial charge in [-0.1, -0.05) is 86.3 Å². The van der Waals surface area contributed by atoms with Crippen molar-refractivity contribution in [1.82, 2.24) is 20.1 Å². The summed E-state index contributed by atoms with van der Waals surface area (Å²) in [5.74, 6) is 0.612. The predicted octanol–water partition coefficient (Wildman–Crippen LogP) is 3.74. The van der Waals surface area contributed by atoms with Gasteiger partial charge in [0.15, 0.2) is 5.16 Å². The number of thioether (sulfide) groups is 1. The van der Waals surface area contributed by atoms with Crippen LogP contribution in [0.3, 0.4) is 0 Å². The molecule has 174 valence electrons. The Bertz CT molecular complexity index is 1010. The Balaban J connectivity index is 1.77. The lowest BCUT2D eigenvalue weighted by atomic mass is 9.98. The zero-order chi connectivity index (χ0) is 23.8. The van der Waals surface area contributed by atoms with Gasteiger partial charge in [0, 0.05) is 19.4 Å². The fourth-order valence-electron chi connectivity index (χ4n) is 3.50. The molecule has 0 aliphatic heterocycles. The Hall–Kier alpha value is -3.13. The highest BCUT2D eigenvalue weighted by atomic mass is 32.2. The topological polar surface area (TPSA) is 103 Å². The third-order valence-corrected chi connectivity index (χ3v) is 6.22. The minimum atomic E-state index is -0.390. The number of hydrogen-bond donors (Lipinski definition) is 2. The molecule has 2 aromatic carbocycles. The van der Waals surface area contributed by atoms with Crippen LogP contribution >= 0.6 is 11.8 Å². The minimum Gasteiger partial charge on any atom is -0.370 e. The van der Waals surface area contributed by atoms with E-state index in [0.717, 1.165) is 11.1 Å². The first-order valence-electron chi connectivity index (χ1n) is 11.1. The molecule has 0 bridgehead atoms. The number of primary amides is 1. The van der Waals surface area contributed by atoms with Crippen LogP contribution in [0.25, 0.3) is 0 Å². The average molecular weight is 466 g/mol. The third-order valence-electron chi connectivity index (χ3n) is 5.14. The van der Waals surface area contributed by atoms with Crippen LogP contribution < -0.4 is 11.1 Å². The molecule has 0 fully saturated rings. The summed E-state index contributed by atoms with van der Waals surface area (Å²) in [6.07, 6.45) is 0.646. The first kappa shape index (κ1) is 24.5. The number of nitrogens with one attached hydrogen (secondary N) is 1. The van der Waals surface area contributed by atoms with Crippen LogP contribution in [0.4, 0.5) is 0 Å². The highest BCUT2D eigenvalue weighted by Crippen LogP contribution is 2.26. The van der Waals surface area contributed by atoms with Crippen molar-refractivity contribution in [1.29, 1.82) is 0 Å². The normalized spacial score (nSPS) is 12.2. The molecule has 0 radical (unpaired) electrons. The fraction of sp³-hybridized carbons (Fsp3) is 0.360. The molecule has 1 atom stereocenters. The van der Waals surface area contributed by atoms with E-state index in [1.807, 2.05) is 72.2 Å². The molecule has 1 unspecified atom stereocenters. The van der Waals surface area contributed by atoms with Crippen molar-refractivity contribution in [2.45, 2.75) is 56.6 Å². The Kier molecular flexibility index (Phi) is 8.65. The lowest BCUT2D eigenvalue weighted by Gasteiger charge is -2.22. The van der Waals surface area contributed by atoms with E-state index in [2.05, 4.69) is 29.4 Å². The summed E-state index contributed by atoms with van der Waals surface area (Å²) in [7, 11) is 0. The molecule has 2 amide bonds. The molecule has 1 aromatic heterocycles. The summed E-state index contributed by atoms with van der Waals surface area (Å²) in [4.78, 5) is 24.4. The van der Waals surface area contributed by atoms with E-state index in [1.54, 1.807) is 0 Å². The van der Waals surface area contributed by atoms with Gasteiger partial charge in [-0.2, -0.15) is 0 Å². The first-order chi connectivity index (χ1) is 15.8. The lowest BCUT2D eigenvalue weighted by Crippen LogP contribution is -2.35. The maximum absolute atomic E-state index is 13.2. The number of nitrogens with zero attached hydrogens (tertiary/aromatic N) is 3. The number of aromatic nitrogens is 3. The van der Waals surface area contributed by atoms with Gasteiger partial charge in [-0.3, -0.25) is 9.59 Å². The summed E-state index contributed by atoms with van der Waals surface area (Å²) in [6, 6.07) is 19.6. The highest BCUT2D eigenvalue weighted by molar-refractivity contribution is 8.00. The number of aryl methyl sites for hydroxylation is 1. The summed E-state index contributed by atoms with van der Waals surface area (Å²) in [5, 5.41) is 12.0. The van der Waals surface area contributed by atoms with Crippen molar-refractivity contribution < 1.29 is 9.59 Å². The third kappa shape index (κ3) is 6.92. The van der Waals surface area contributed by atoms with Crippen LogP contribution in [0.5, 0.6) is 0 Å². The van der Waals surface area contributed by atoms with Crippen LogP contribution in [0.1, 0.15) is 50.2 Å². The first-order valence-corrected chi connectivity index (χ1v) is 12.0. The van der Waals surface area contributed by atoms with Gasteiger partial charge < -0.3 is 15.6 Å². The van der Waals surface area contributed by atoms with Gasteiger partial charge in [0.1, 0.15) is 5.82 Å². The molecule has 1 heterocycles. The number of rotatable bonds is 11. The van der Waals surface area contributed by atoms with Crippen molar-refractivity contribution in [3.8, 4) is 0 Å². The smallest absolute Gasteiger partial charge is 0.234 e. The molecule has 33 heavy (non-hydrogen) atoms. The minimum absolute atomic E-state index is 0.0875. The summed E-state index contributed by atoms with van der Waals surface area (Å²) >= 11 is 1.37. The molecule has 3 aromatic rings. The standard InChI is InChI=1S/C25H31N5O2S/c1-17(2)16-30-22(15-14-21(26)31)28-29-25(30)33-18(3)24(32)27-23(19-10-6-4-7-11-19)20-12-8-5-9-13-20/h4-13,17-18,23H,14-16H2,1-3H3,(H2,26,31)(H,27,32). The fourth-order valence-corrected chi connectivity index (χ4v) is 4.38. The van der Waals surface area contributed by atoms with E-state index >= 15 is 0 Å². The maximum Gasteiger partial charge on any atom is 0.234 e. The maximum atomic E-state index is 13.2. The molecular formula is C25H31N5O2S. The molecule has 3 N–H and O–H groups in total. The van der Waals surface area contributed by atoms with Gasteiger partial charge in [0.25, 0.3) is 0 Å². The summed E-state index contributed by atoms with van der Waals surface area (Å²) in [6.45, 7) is 6.78. The largest absolute Gasteiger partial charge is 0.370 e. The van der Waals surface area contributed by atoms with Gasteiger partial charge in [0.05, 0.1) is 11.3 Å². The Labute approximate surface area is 199 Å². The summed E-state index contributed by atoms with van der Waals surface area (Å²) in [5.41, 5.74) is 7.35. The zero-order valence-electron chi connectivity index (χ0n) is 19.3. The van der Waals surface area contributed by atoms with Gasteiger partial charge in [-0.05, 0) is 24.0 Å². The Morgan fingerprint density at radius 2 is 1.55 bits per heavy atom. The van der Waals surface area contributed by atoms with Crippen molar-refractivity contribution in [2.24, 2.45) is 11.7 Å². The van der Waals surface area contributed by atoms with Crippen LogP contribution in [-0.2, 0) is 22.6 Å². The highest BCUT2D eigenvalue weighted by Gasteiger charge is 2.24. The average Bonchev–Trinajstić information content (AvgIpc) is 3.17. The number of amides is 2. The monoisotopic (exact) mass is 465 g/mol. The van der Waals surface area contributed by atoms with Crippen LogP contribution in [0, 0.1) is 5.92 Å². The molecule has 7 nitrogen and oxygen atoms in total. The molecule has 0 spiro atoms. The second-order valence-electron chi connectivity index (χ2n) is 8.39. The molecule has 8 heteroatoms. The van der Waals surface area contributed by atoms with Gasteiger partial charge >= 0.3 is 0 Å². The molecule has 0 saturated heterocycles. The number of nitrogens with two attached hydrogens (primary N) is 1. The predicted molar refractivity (Wildman–Crippen MR) is 131 cm³/mol. The second-order valence-corrected chi connectivity index (χ2v) is 9.70. The molecule has 0 saturated carbocycles. The Morgan fingerprint density at radius 1 is 0.970 bits per heavy atom. The number of benzene rings is 2. The van der Waals surface area contributed by atoms with E-state index < -0.39 is 0 Å². The number of hydrogen-bond acceptors (Lipinski definition) is 5. The van der Waals surface area contributed by atoms with Gasteiger partial charge in [0.2, 0.25) is 11.8 Å². The lowest BCUT2D eigenvalue weighted by molar-refractivity contribution is -0.121. The second kappa shape index (κ2) is 11.7. The molecule has 3 rings (SSSR count). The molecule has 0 aliphatic rings. The van der Waals surface area contributed by atoms with Gasteiger partial charge in [-0.25, -0.2) is 0 Å². The van der Waals surface area contributed by atoms with E-state index in [-0.39, 0.29) is 29.5 Å². The molecule has 0 aliphatic carbocycles. The van der Waals surface area contributed by atoms with Gasteiger partial charge in [-0.15, -0.1) is 10.2 Å². The van der Waals surface area contributed by atoms with E-state index in [1.165, 1.54) is 11.8 Å². The number of carbonyl (C=O) groups excluding carboxylic acids is 2. The van der Waals surface area contributed by atoms with Crippen molar-refractivity contribution in [3.05, 3.63) is 77.6 Å². The van der Waals surface area contributed by atoms with Crippen molar-refractivity contribution in [3.63, 3.8) is 0 Å². The molecular weight excluding hydrogens is 434 g/mol. The summed E-state index contributed by atoms with van der Waals surface area (Å²) < 4.78 is 1.99. The van der Waals surface area contributed by atoms with Crippen LogP contribution in [-0.4, -0.2) is 31.8 Å². The number of carbonyl (C=O) groups is 2. The zero-order valence-corrected chi connectivity index (χ0v) is 20.1. The Morgan fingerprint density at radius 3 is 2.06 bits per heavy atom. The van der Waals surface area contributed by atoms with Crippen LogP contribution in [0.2, 0.25) is 0 Å².